The molecule has 0 spiro atoms. The minimum Gasteiger partial charge on any atom is -0.147 e. The van der Waals surface area contributed by atoms with Crippen LogP contribution < -0.4 is 0 Å². The van der Waals surface area contributed by atoms with E-state index in [1.54, 1.807) is 0 Å². The number of halogens is 2. The molecule has 0 amide bonds. The Hall–Kier alpha value is -0.790. The maximum absolute atomic E-state index is 3.48. The van der Waals surface area contributed by atoms with Gasteiger partial charge in [0, 0.05) is 4.47 Å². The lowest BCUT2D eigenvalue weighted by Crippen LogP contribution is -2.00. The van der Waals surface area contributed by atoms with E-state index in [-0.39, 0.29) is 12.4 Å². The van der Waals surface area contributed by atoms with Crippen LogP contribution >= 0.6 is 28.3 Å². The highest BCUT2D eigenvalue weighted by molar-refractivity contribution is 9.10. The zero-order chi connectivity index (χ0) is 13.5. The summed E-state index contributed by atoms with van der Waals surface area (Å²) in [4.78, 5) is 0. The summed E-state index contributed by atoms with van der Waals surface area (Å²) >= 11 is 3.48. The molecule has 2 heteroatoms. The number of benzene rings is 2. The third-order valence-corrected chi connectivity index (χ3v) is 4.03. The average molecular weight is 354 g/mol. The molecule has 0 aliphatic heterocycles. The van der Waals surface area contributed by atoms with Crippen LogP contribution in [0.15, 0.2) is 59.1 Å². The normalized spacial score (nSPS) is 11.7. The summed E-state index contributed by atoms with van der Waals surface area (Å²) < 4.78 is 1.16. The van der Waals surface area contributed by atoms with Crippen LogP contribution in [-0.4, -0.2) is 0 Å². The predicted octanol–water partition coefficient (Wildman–Crippen LogP) is 6.07. The Kier molecular flexibility index (Phi) is 7.94. The highest BCUT2D eigenvalue weighted by Crippen LogP contribution is 2.17. The summed E-state index contributed by atoms with van der Waals surface area (Å²) in [5, 5.41) is 0. The van der Waals surface area contributed by atoms with Gasteiger partial charge in [0.25, 0.3) is 0 Å². The van der Waals surface area contributed by atoms with Crippen LogP contribution in [0, 0.1) is 5.92 Å². The second-order valence-corrected chi connectivity index (χ2v) is 6.23. The molecule has 2 aromatic carbocycles. The van der Waals surface area contributed by atoms with Crippen LogP contribution in [0.5, 0.6) is 0 Å². The zero-order valence-corrected chi connectivity index (χ0v) is 14.3. The van der Waals surface area contributed by atoms with Gasteiger partial charge in [-0.3, -0.25) is 0 Å². The van der Waals surface area contributed by atoms with Crippen LogP contribution in [0.2, 0.25) is 0 Å². The summed E-state index contributed by atoms with van der Waals surface area (Å²) in [6.07, 6.45) is 4.96. The molecule has 0 radical (unpaired) electrons. The van der Waals surface area contributed by atoms with Gasteiger partial charge in [-0.15, -0.1) is 12.4 Å². The summed E-state index contributed by atoms with van der Waals surface area (Å²) in [6, 6.07) is 19.5. The van der Waals surface area contributed by atoms with Crippen molar-refractivity contribution in [3.8, 4) is 0 Å². The summed E-state index contributed by atoms with van der Waals surface area (Å²) in [6.45, 7) is 2.35. The fourth-order valence-electron chi connectivity index (χ4n) is 2.42. The first-order valence-corrected chi connectivity index (χ1v) is 7.81. The van der Waals surface area contributed by atoms with Gasteiger partial charge < -0.3 is 0 Å². The molecule has 108 valence electrons. The highest BCUT2D eigenvalue weighted by Gasteiger charge is 2.04. The number of hydrogen-bond donors (Lipinski definition) is 0. The summed E-state index contributed by atoms with van der Waals surface area (Å²) in [7, 11) is 0. The van der Waals surface area contributed by atoms with Gasteiger partial charge in [-0.05, 0) is 48.4 Å². The quantitative estimate of drug-likeness (QED) is 0.591. The maximum Gasteiger partial charge on any atom is 0.0175 e. The van der Waals surface area contributed by atoms with Crippen molar-refractivity contribution in [1.82, 2.24) is 0 Å². The molecule has 0 saturated carbocycles. The molecule has 0 fully saturated rings. The molecule has 0 heterocycles. The largest absolute Gasteiger partial charge is 0.147 e. The zero-order valence-electron chi connectivity index (χ0n) is 11.9. The van der Waals surface area contributed by atoms with Crippen molar-refractivity contribution in [2.75, 3.05) is 0 Å². The molecule has 2 rings (SSSR count). The van der Waals surface area contributed by atoms with Crippen LogP contribution in [0.1, 0.15) is 30.9 Å². The molecule has 0 N–H and O–H groups in total. The Labute approximate surface area is 137 Å². The minimum absolute atomic E-state index is 0. The Morgan fingerprint density at radius 3 is 2.20 bits per heavy atom. The SMILES string of the molecule is CC(CCCc1ccccc1)Cc1ccc(Br)cc1.Cl. The van der Waals surface area contributed by atoms with Crippen molar-refractivity contribution in [3.63, 3.8) is 0 Å². The summed E-state index contributed by atoms with van der Waals surface area (Å²) in [5.41, 5.74) is 2.90. The van der Waals surface area contributed by atoms with E-state index >= 15 is 0 Å². The van der Waals surface area contributed by atoms with Crippen LogP contribution in [-0.2, 0) is 12.8 Å². The highest BCUT2D eigenvalue weighted by atomic mass is 79.9. The van der Waals surface area contributed by atoms with E-state index in [1.807, 2.05) is 0 Å². The average Bonchev–Trinajstić information content (AvgIpc) is 2.43. The van der Waals surface area contributed by atoms with Crippen LogP contribution in [0.4, 0.5) is 0 Å². The maximum atomic E-state index is 3.48. The first kappa shape index (κ1) is 17.3. The first-order valence-electron chi connectivity index (χ1n) is 7.02. The van der Waals surface area contributed by atoms with Crippen LogP contribution in [0.25, 0.3) is 0 Å². The van der Waals surface area contributed by atoms with Crippen molar-refractivity contribution in [2.45, 2.75) is 32.6 Å². The van der Waals surface area contributed by atoms with E-state index in [0.717, 1.165) is 10.4 Å². The van der Waals surface area contributed by atoms with Crippen molar-refractivity contribution in [3.05, 3.63) is 70.2 Å². The first-order chi connectivity index (χ1) is 9.24. The lowest BCUT2D eigenvalue weighted by atomic mass is 9.95. The molecule has 20 heavy (non-hydrogen) atoms. The third-order valence-electron chi connectivity index (χ3n) is 3.50. The van der Waals surface area contributed by atoms with Crippen molar-refractivity contribution in [2.24, 2.45) is 5.92 Å². The standard InChI is InChI=1S/C18H21Br.ClH/c1-15(14-17-10-12-18(19)13-11-17)6-5-9-16-7-3-2-4-8-16;/h2-4,7-8,10-13,15H,5-6,9,14H2,1H3;1H. The van der Waals surface area contributed by atoms with Gasteiger partial charge in [-0.25, -0.2) is 0 Å². The lowest BCUT2D eigenvalue weighted by molar-refractivity contribution is 0.508. The van der Waals surface area contributed by atoms with Crippen LogP contribution in [0.3, 0.4) is 0 Å². The van der Waals surface area contributed by atoms with E-state index in [1.165, 1.54) is 36.8 Å². The predicted molar refractivity (Wildman–Crippen MR) is 93.6 cm³/mol. The number of hydrogen-bond acceptors (Lipinski definition) is 0. The van der Waals surface area contributed by atoms with Gasteiger partial charge in [0.05, 0.1) is 0 Å². The van der Waals surface area contributed by atoms with Gasteiger partial charge in [-0.2, -0.15) is 0 Å². The molecular formula is C18H22BrCl. The van der Waals surface area contributed by atoms with E-state index in [4.69, 9.17) is 0 Å². The molecule has 0 bridgehead atoms. The Bertz CT molecular complexity index is 479. The molecule has 0 saturated heterocycles. The molecule has 0 aromatic heterocycles. The topological polar surface area (TPSA) is 0 Å². The Morgan fingerprint density at radius 2 is 1.55 bits per heavy atom. The van der Waals surface area contributed by atoms with Crippen molar-refractivity contribution in [1.29, 1.82) is 0 Å². The van der Waals surface area contributed by atoms with Crippen molar-refractivity contribution >= 4 is 28.3 Å². The fourth-order valence-corrected chi connectivity index (χ4v) is 2.69. The minimum atomic E-state index is 0. The smallest absolute Gasteiger partial charge is 0.0175 e. The van der Waals surface area contributed by atoms with Gasteiger partial charge >= 0.3 is 0 Å². The Morgan fingerprint density at radius 1 is 0.900 bits per heavy atom. The molecule has 0 nitrogen and oxygen atoms in total. The van der Waals surface area contributed by atoms with Crippen molar-refractivity contribution < 1.29 is 0 Å². The Balaban J connectivity index is 0.00000200. The van der Waals surface area contributed by atoms with E-state index in [0.29, 0.717) is 0 Å². The fraction of sp³-hybridized carbons (Fsp3) is 0.333. The molecule has 1 atom stereocenters. The molecule has 0 aliphatic carbocycles. The van der Waals surface area contributed by atoms with Gasteiger partial charge in [0.15, 0.2) is 0 Å². The molecule has 1 unspecified atom stereocenters. The monoisotopic (exact) mass is 352 g/mol. The molecular weight excluding hydrogens is 332 g/mol. The lowest BCUT2D eigenvalue weighted by Gasteiger charge is -2.11. The van der Waals surface area contributed by atoms with Gasteiger partial charge in [0.1, 0.15) is 0 Å². The number of rotatable bonds is 6. The second-order valence-electron chi connectivity index (χ2n) is 5.31. The van der Waals surface area contributed by atoms with E-state index < -0.39 is 0 Å². The molecule has 2 aromatic rings. The third kappa shape index (κ3) is 6.11. The van der Waals surface area contributed by atoms with Gasteiger partial charge in [0.2, 0.25) is 0 Å². The van der Waals surface area contributed by atoms with Gasteiger partial charge in [-0.1, -0.05) is 71.7 Å². The van der Waals surface area contributed by atoms with E-state index in [2.05, 4.69) is 77.5 Å². The number of aryl methyl sites for hydroxylation is 1. The second kappa shape index (κ2) is 9.20. The van der Waals surface area contributed by atoms with E-state index in [9.17, 15) is 0 Å². The summed E-state index contributed by atoms with van der Waals surface area (Å²) in [5.74, 6) is 0.755. The molecule has 0 aliphatic rings.